The summed E-state index contributed by atoms with van der Waals surface area (Å²) in [6.45, 7) is 6.35. The van der Waals surface area contributed by atoms with Crippen LogP contribution in [0.15, 0.2) is 4.52 Å². The molecule has 1 heterocycles. The van der Waals surface area contributed by atoms with Gasteiger partial charge in [0, 0.05) is 13.7 Å². The molecule has 0 aliphatic heterocycles. The van der Waals surface area contributed by atoms with E-state index in [1.54, 1.807) is 14.0 Å². The monoisotopic (exact) mass is 297 g/mol. The predicted octanol–water partition coefficient (Wildman–Crippen LogP) is 1.76. The molecule has 1 atom stereocenters. The second kappa shape index (κ2) is 5.66. The zero-order chi connectivity index (χ0) is 15.7. The van der Waals surface area contributed by atoms with Gasteiger partial charge in [-0.3, -0.25) is 0 Å². The average Bonchev–Trinajstić information content (AvgIpc) is 2.88. The van der Waals surface area contributed by atoms with E-state index in [4.69, 9.17) is 15.0 Å². The molecular weight excluding hydrogens is 270 g/mol. The van der Waals surface area contributed by atoms with Crippen LogP contribution < -0.4 is 5.73 Å². The molecule has 6 nitrogen and oxygen atoms in total. The van der Waals surface area contributed by atoms with E-state index in [2.05, 4.69) is 24.0 Å². The van der Waals surface area contributed by atoms with Crippen molar-refractivity contribution in [3.63, 3.8) is 0 Å². The molecule has 1 fully saturated rings. The molecule has 0 amide bonds. The van der Waals surface area contributed by atoms with Gasteiger partial charge in [-0.05, 0) is 38.0 Å². The molecule has 0 radical (unpaired) electrons. The molecule has 0 saturated heterocycles. The summed E-state index contributed by atoms with van der Waals surface area (Å²) in [5.41, 5.74) is 4.36. The SMILES string of the molecule is COC1(c2noc(CC(C)(O)CN)n2)CCC(C)(C)CC1. The van der Waals surface area contributed by atoms with Gasteiger partial charge >= 0.3 is 0 Å². The molecule has 1 aliphatic carbocycles. The van der Waals surface area contributed by atoms with E-state index in [0.29, 0.717) is 17.1 Å². The highest BCUT2D eigenvalue weighted by Gasteiger charge is 2.43. The summed E-state index contributed by atoms with van der Waals surface area (Å²) in [4.78, 5) is 4.44. The fraction of sp³-hybridized carbons (Fsp3) is 0.867. The normalized spacial score (nSPS) is 23.7. The Morgan fingerprint density at radius 2 is 1.95 bits per heavy atom. The second-order valence-corrected chi connectivity index (χ2v) is 7.25. The highest BCUT2D eigenvalue weighted by atomic mass is 16.5. The molecule has 1 aromatic rings. The largest absolute Gasteiger partial charge is 0.388 e. The number of aromatic nitrogens is 2. The Hall–Kier alpha value is -0.980. The minimum absolute atomic E-state index is 0.147. The van der Waals surface area contributed by atoms with Crippen molar-refractivity contribution in [2.24, 2.45) is 11.1 Å². The summed E-state index contributed by atoms with van der Waals surface area (Å²) < 4.78 is 11.0. The van der Waals surface area contributed by atoms with Crippen LogP contribution in [-0.2, 0) is 16.8 Å². The third-order valence-electron chi connectivity index (χ3n) is 4.65. The molecule has 21 heavy (non-hydrogen) atoms. The maximum atomic E-state index is 10.0. The number of hydrogen-bond acceptors (Lipinski definition) is 6. The zero-order valence-electron chi connectivity index (χ0n) is 13.5. The van der Waals surface area contributed by atoms with Gasteiger partial charge in [-0.2, -0.15) is 4.98 Å². The Morgan fingerprint density at radius 1 is 1.33 bits per heavy atom. The van der Waals surface area contributed by atoms with Crippen molar-refractivity contribution in [3.8, 4) is 0 Å². The number of nitrogens with two attached hydrogens (primary N) is 1. The van der Waals surface area contributed by atoms with E-state index in [1.807, 2.05) is 0 Å². The number of aliphatic hydroxyl groups is 1. The van der Waals surface area contributed by atoms with E-state index in [9.17, 15) is 5.11 Å². The maximum Gasteiger partial charge on any atom is 0.229 e. The summed E-state index contributed by atoms with van der Waals surface area (Å²) in [6.07, 6.45) is 4.13. The lowest BCUT2D eigenvalue weighted by Crippen LogP contribution is -2.38. The minimum atomic E-state index is -1.03. The van der Waals surface area contributed by atoms with Gasteiger partial charge in [0.05, 0.1) is 12.0 Å². The first-order valence-electron chi connectivity index (χ1n) is 7.53. The van der Waals surface area contributed by atoms with Crippen LogP contribution in [0.5, 0.6) is 0 Å². The molecule has 0 aromatic carbocycles. The summed E-state index contributed by atoms with van der Waals surface area (Å²) in [5.74, 6) is 0.991. The Labute approximate surface area is 126 Å². The molecule has 1 aliphatic rings. The molecule has 120 valence electrons. The molecule has 2 rings (SSSR count). The van der Waals surface area contributed by atoms with Crippen molar-refractivity contribution in [3.05, 3.63) is 11.7 Å². The van der Waals surface area contributed by atoms with Crippen LogP contribution in [-0.4, -0.2) is 34.5 Å². The number of rotatable bonds is 5. The van der Waals surface area contributed by atoms with Gasteiger partial charge in [0.15, 0.2) is 0 Å². The van der Waals surface area contributed by atoms with Crippen LogP contribution in [0.4, 0.5) is 0 Å². The van der Waals surface area contributed by atoms with Crippen molar-refractivity contribution in [2.75, 3.05) is 13.7 Å². The molecule has 1 unspecified atom stereocenters. The number of methoxy groups -OCH3 is 1. The van der Waals surface area contributed by atoms with Crippen LogP contribution >= 0.6 is 0 Å². The smallest absolute Gasteiger partial charge is 0.229 e. The second-order valence-electron chi connectivity index (χ2n) is 7.25. The third-order valence-corrected chi connectivity index (χ3v) is 4.65. The summed E-state index contributed by atoms with van der Waals surface area (Å²) >= 11 is 0. The van der Waals surface area contributed by atoms with E-state index in [-0.39, 0.29) is 13.0 Å². The van der Waals surface area contributed by atoms with E-state index < -0.39 is 11.2 Å². The highest BCUT2D eigenvalue weighted by molar-refractivity contribution is 5.06. The van der Waals surface area contributed by atoms with Crippen molar-refractivity contribution in [2.45, 2.75) is 64.1 Å². The van der Waals surface area contributed by atoms with Crippen LogP contribution in [0.25, 0.3) is 0 Å². The Bertz CT molecular complexity index is 472. The molecular formula is C15H27N3O3. The van der Waals surface area contributed by atoms with Gasteiger partial charge in [0.2, 0.25) is 11.7 Å². The Kier molecular flexibility index (Phi) is 4.42. The standard InChI is InChI=1S/C15H27N3O3/c1-13(2)5-7-15(20-4,8-6-13)12-17-11(21-18-12)9-14(3,19)10-16/h19H,5-10,16H2,1-4H3. The first-order chi connectivity index (χ1) is 9.72. The lowest BCUT2D eigenvalue weighted by atomic mass is 9.70. The molecule has 3 N–H and O–H groups in total. The van der Waals surface area contributed by atoms with Crippen molar-refractivity contribution in [1.29, 1.82) is 0 Å². The quantitative estimate of drug-likeness (QED) is 0.860. The lowest BCUT2D eigenvalue weighted by molar-refractivity contribution is -0.0740. The molecule has 1 aromatic heterocycles. The fourth-order valence-electron chi connectivity index (χ4n) is 2.76. The Balaban J connectivity index is 2.15. The summed E-state index contributed by atoms with van der Waals surface area (Å²) in [6, 6.07) is 0. The van der Waals surface area contributed by atoms with Gasteiger partial charge in [0.25, 0.3) is 0 Å². The van der Waals surface area contributed by atoms with Gasteiger partial charge in [-0.25, -0.2) is 0 Å². The number of hydrogen-bond donors (Lipinski definition) is 2. The van der Waals surface area contributed by atoms with E-state index in [0.717, 1.165) is 25.7 Å². The first-order valence-corrected chi connectivity index (χ1v) is 7.53. The zero-order valence-corrected chi connectivity index (χ0v) is 13.5. The number of nitrogens with zero attached hydrogens (tertiary/aromatic N) is 2. The van der Waals surface area contributed by atoms with Crippen molar-refractivity contribution in [1.82, 2.24) is 10.1 Å². The van der Waals surface area contributed by atoms with Crippen molar-refractivity contribution < 1.29 is 14.4 Å². The van der Waals surface area contributed by atoms with Crippen LogP contribution in [0.3, 0.4) is 0 Å². The molecule has 0 bridgehead atoms. The van der Waals surface area contributed by atoms with E-state index in [1.165, 1.54) is 0 Å². The first kappa shape index (κ1) is 16.4. The lowest BCUT2D eigenvalue weighted by Gasteiger charge is -2.40. The van der Waals surface area contributed by atoms with E-state index >= 15 is 0 Å². The third kappa shape index (κ3) is 3.62. The maximum absolute atomic E-state index is 10.0. The Morgan fingerprint density at radius 3 is 2.48 bits per heavy atom. The van der Waals surface area contributed by atoms with Gasteiger partial charge < -0.3 is 20.1 Å². The van der Waals surface area contributed by atoms with Crippen LogP contribution in [0, 0.1) is 5.41 Å². The minimum Gasteiger partial charge on any atom is -0.388 e. The van der Waals surface area contributed by atoms with Gasteiger partial charge in [-0.15, -0.1) is 0 Å². The van der Waals surface area contributed by atoms with Crippen LogP contribution in [0.1, 0.15) is 58.2 Å². The molecule has 1 saturated carbocycles. The van der Waals surface area contributed by atoms with Gasteiger partial charge in [0.1, 0.15) is 5.60 Å². The number of ether oxygens (including phenoxy) is 1. The van der Waals surface area contributed by atoms with Crippen molar-refractivity contribution >= 4 is 0 Å². The van der Waals surface area contributed by atoms with Gasteiger partial charge in [-0.1, -0.05) is 19.0 Å². The average molecular weight is 297 g/mol. The topological polar surface area (TPSA) is 94.4 Å². The summed E-state index contributed by atoms with van der Waals surface area (Å²) in [7, 11) is 1.70. The summed E-state index contributed by atoms with van der Waals surface area (Å²) in [5, 5.41) is 14.1. The molecule has 6 heteroatoms. The molecule has 0 spiro atoms. The predicted molar refractivity (Wildman–Crippen MR) is 78.6 cm³/mol. The fourth-order valence-corrected chi connectivity index (χ4v) is 2.76. The van der Waals surface area contributed by atoms with Crippen LogP contribution in [0.2, 0.25) is 0 Å². The highest BCUT2D eigenvalue weighted by Crippen LogP contribution is 2.46.